The minimum atomic E-state index is -1.24. The Morgan fingerprint density at radius 3 is 2.41 bits per heavy atom. The standard InChI is InChI=1S/C17H15BrN2O2/c1-17(21,11-7-9-12(22-2)10-8-11)15-13-5-3-4-6-14(13)19-16(18)20-15/h3-10,21H,1-2H3. The highest BCUT2D eigenvalue weighted by molar-refractivity contribution is 9.10. The van der Waals surface area contributed by atoms with Gasteiger partial charge >= 0.3 is 0 Å². The van der Waals surface area contributed by atoms with E-state index in [0.29, 0.717) is 10.4 Å². The number of hydrogen-bond acceptors (Lipinski definition) is 4. The van der Waals surface area contributed by atoms with Gasteiger partial charge < -0.3 is 9.84 Å². The molecule has 0 aliphatic heterocycles. The molecule has 0 fully saturated rings. The molecule has 112 valence electrons. The summed E-state index contributed by atoms with van der Waals surface area (Å²) in [6.45, 7) is 1.73. The number of aliphatic hydroxyl groups is 1. The second-order valence-corrected chi connectivity index (χ2v) is 5.87. The molecule has 0 aliphatic rings. The molecule has 0 bridgehead atoms. The second kappa shape index (κ2) is 5.66. The lowest BCUT2D eigenvalue weighted by Gasteiger charge is -2.25. The van der Waals surface area contributed by atoms with Crippen molar-refractivity contribution in [3.05, 3.63) is 64.5 Å². The highest BCUT2D eigenvalue weighted by atomic mass is 79.9. The van der Waals surface area contributed by atoms with Gasteiger partial charge in [-0.05, 0) is 46.6 Å². The van der Waals surface area contributed by atoms with E-state index in [1.807, 2.05) is 48.5 Å². The molecule has 22 heavy (non-hydrogen) atoms. The van der Waals surface area contributed by atoms with E-state index in [1.165, 1.54) is 0 Å². The van der Waals surface area contributed by atoms with Gasteiger partial charge in [0.2, 0.25) is 0 Å². The van der Waals surface area contributed by atoms with Crippen LogP contribution in [0, 0.1) is 0 Å². The third-order valence-corrected chi connectivity index (χ3v) is 4.04. The molecular formula is C17H15BrN2O2. The quantitative estimate of drug-likeness (QED) is 0.726. The van der Waals surface area contributed by atoms with Gasteiger partial charge in [-0.2, -0.15) is 0 Å². The van der Waals surface area contributed by atoms with Gasteiger partial charge in [-0.1, -0.05) is 30.3 Å². The number of fused-ring (bicyclic) bond motifs is 1. The molecule has 2 aromatic carbocycles. The van der Waals surface area contributed by atoms with Gasteiger partial charge in [0.25, 0.3) is 0 Å². The summed E-state index contributed by atoms with van der Waals surface area (Å²) in [6, 6.07) is 14.9. The number of hydrogen-bond donors (Lipinski definition) is 1. The van der Waals surface area contributed by atoms with Gasteiger partial charge in [0.1, 0.15) is 11.4 Å². The van der Waals surface area contributed by atoms with E-state index in [-0.39, 0.29) is 0 Å². The Morgan fingerprint density at radius 2 is 1.73 bits per heavy atom. The lowest BCUT2D eigenvalue weighted by Crippen LogP contribution is -2.25. The van der Waals surface area contributed by atoms with Crippen LogP contribution in [-0.4, -0.2) is 22.2 Å². The van der Waals surface area contributed by atoms with Crippen molar-refractivity contribution >= 4 is 26.8 Å². The van der Waals surface area contributed by atoms with E-state index in [0.717, 1.165) is 22.2 Å². The maximum Gasteiger partial charge on any atom is 0.197 e. The second-order valence-electron chi connectivity index (χ2n) is 5.16. The molecule has 1 N–H and O–H groups in total. The Kier molecular flexibility index (Phi) is 3.85. The van der Waals surface area contributed by atoms with Gasteiger partial charge in [-0.3, -0.25) is 0 Å². The number of methoxy groups -OCH3 is 1. The van der Waals surface area contributed by atoms with Crippen LogP contribution in [0.25, 0.3) is 10.9 Å². The number of nitrogens with zero attached hydrogens (tertiary/aromatic N) is 2. The highest BCUT2D eigenvalue weighted by Gasteiger charge is 2.30. The molecule has 0 aliphatic carbocycles. The first-order valence-electron chi connectivity index (χ1n) is 6.82. The van der Waals surface area contributed by atoms with Gasteiger partial charge in [0.15, 0.2) is 4.73 Å². The van der Waals surface area contributed by atoms with Crippen molar-refractivity contribution in [2.24, 2.45) is 0 Å². The summed E-state index contributed by atoms with van der Waals surface area (Å²) >= 11 is 3.32. The van der Waals surface area contributed by atoms with Crippen LogP contribution in [0.3, 0.4) is 0 Å². The predicted octanol–water partition coefficient (Wildman–Crippen LogP) is 3.66. The van der Waals surface area contributed by atoms with Crippen LogP contribution in [0.2, 0.25) is 0 Å². The summed E-state index contributed by atoms with van der Waals surface area (Å²) in [4.78, 5) is 8.76. The van der Waals surface area contributed by atoms with Crippen LogP contribution in [-0.2, 0) is 5.60 Å². The summed E-state index contributed by atoms with van der Waals surface area (Å²) in [5.74, 6) is 0.744. The predicted molar refractivity (Wildman–Crippen MR) is 88.9 cm³/mol. The fraction of sp³-hybridized carbons (Fsp3) is 0.176. The van der Waals surface area contributed by atoms with Crippen LogP contribution in [0.5, 0.6) is 5.75 Å². The van der Waals surface area contributed by atoms with Gasteiger partial charge in [-0.25, -0.2) is 9.97 Å². The molecule has 0 saturated heterocycles. The van der Waals surface area contributed by atoms with E-state index >= 15 is 0 Å². The van der Waals surface area contributed by atoms with Crippen LogP contribution >= 0.6 is 15.9 Å². The average Bonchev–Trinajstić information content (AvgIpc) is 2.54. The highest BCUT2D eigenvalue weighted by Crippen LogP contribution is 2.33. The molecular weight excluding hydrogens is 344 g/mol. The molecule has 3 aromatic rings. The summed E-state index contributed by atoms with van der Waals surface area (Å²) in [5, 5.41) is 11.9. The van der Waals surface area contributed by atoms with E-state index in [9.17, 15) is 5.11 Å². The first-order valence-corrected chi connectivity index (χ1v) is 7.61. The van der Waals surface area contributed by atoms with Crippen molar-refractivity contribution in [1.82, 2.24) is 9.97 Å². The molecule has 0 spiro atoms. The van der Waals surface area contributed by atoms with E-state index < -0.39 is 5.60 Å². The Morgan fingerprint density at radius 1 is 1.05 bits per heavy atom. The number of rotatable bonds is 3. The first kappa shape index (κ1) is 14.9. The molecule has 1 atom stereocenters. The molecule has 5 heteroatoms. The zero-order valence-electron chi connectivity index (χ0n) is 12.2. The largest absolute Gasteiger partial charge is 0.497 e. The summed E-state index contributed by atoms with van der Waals surface area (Å²) in [6.07, 6.45) is 0. The monoisotopic (exact) mass is 358 g/mol. The van der Waals surface area contributed by atoms with E-state index in [2.05, 4.69) is 25.9 Å². The van der Waals surface area contributed by atoms with Gasteiger partial charge in [-0.15, -0.1) is 0 Å². The fourth-order valence-corrected chi connectivity index (χ4v) is 2.84. The molecule has 3 rings (SSSR count). The molecule has 0 saturated carbocycles. The fourth-order valence-electron chi connectivity index (χ4n) is 2.47. The minimum absolute atomic E-state index is 0.454. The number of benzene rings is 2. The van der Waals surface area contributed by atoms with Gasteiger partial charge in [0, 0.05) is 5.39 Å². The first-order chi connectivity index (χ1) is 10.5. The molecule has 1 unspecified atom stereocenters. The Bertz CT molecular complexity index is 817. The smallest absolute Gasteiger partial charge is 0.197 e. The number of aromatic nitrogens is 2. The summed E-state index contributed by atoms with van der Waals surface area (Å²) in [7, 11) is 1.61. The van der Waals surface area contributed by atoms with E-state index in [1.54, 1.807) is 14.0 Å². The van der Waals surface area contributed by atoms with Crippen molar-refractivity contribution in [3.8, 4) is 5.75 Å². The van der Waals surface area contributed by atoms with Crippen molar-refractivity contribution in [2.75, 3.05) is 7.11 Å². The summed E-state index contributed by atoms with van der Waals surface area (Å²) in [5.41, 5.74) is 0.851. The zero-order chi connectivity index (χ0) is 15.7. The summed E-state index contributed by atoms with van der Waals surface area (Å²) < 4.78 is 5.62. The van der Waals surface area contributed by atoms with Crippen molar-refractivity contribution in [1.29, 1.82) is 0 Å². The third kappa shape index (κ3) is 2.58. The SMILES string of the molecule is COc1ccc(C(C)(O)c2nc(Br)nc3ccccc23)cc1. The molecule has 0 radical (unpaired) electrons. The van der Waals surface area contributed by atoms with Crippen LogP contribution in [0.15, 0.2) is 53.3 Å². The molecule has 0 amide bonds. The molecule has 1 heterocycles. The third-order valence-electron chi connectivity index (χ3n) is 3.69. The average molecular weight is 359 g/mol. The van der Waals surface area contributed by atoms with E-state index in [4.69, 9.17) is 4.74 Å². The lowest BCUT2D eigenvalue weighted by atomic mass is 9.90. The Hall–Kier alpha value is -1.98. The number of para-hydroxylation sites is 1. The van der Waals surface area contributed by atoms with Crippen molar-refractivity contribution in [3.63, 3.8) is 0 Å². The maximum atomic E-state index is 11.1. The van der Waals surface area contributed by atoms with Crippen LogP contribution < -0.4 is 4.74 Å². The lowest BCUT2D eigenvalue weighted by molar-refractivity contribution is 0.0988. The maximum absolute atomic E-state index is 11.1. The topological polar surface area (TPSA) is 55.2 Å². The molecule has 4 nitrogen and oxygen atoms in total. The number of halogens is 1. The zero-order valence-corrected chi connectivity index (χ0v) is 13.8. The normalized spacial score (nSPS) is 13.8. The van der Waals surface area contributed by atoms with Crippen molar-refractivity contribution in [2.45, 2.75) is 12.5 Å². The van der Waals surface area contributed by atoms with Gasteiger partial charge in [0.05, 0.1) is 18.3 Å². The Balaban J connectivity index is 2.19. The van der Waals surface area contributed by atoms with Crippen LogP contribution in [0.4, 0.5) is 0 Å². The van der Waals surface area contributed by atoms with Crippen molar-refractivity contribution < 1.29 is 9.84 Å². The molecule has 1 aromatic heterocycles. The van der Waals surface area contributed by atoms with Crippen LogP contribution in [0.1, 0.15) is 18.2 Å². The Labute approximate surface area is 136 Å². The number of ether oxygens (including phenoxy) is 1. The minimum Gasteiger partial charge on any atom is -0.497 e.